The van der Waals surface area contributed by atoms with Crippen molar-refractivity contribution in [3.05, 3.63) is 47.5 Å². The van der Waals surface area contributed by atoms with E-state index in [9.17, 15) is 46.0 Å². The van der Waals surface area contributed by atoms with Crippen LogP contribution in [0, 0.1) is 11.8 Å². The number of aliphatic hydroxyl groups excluding tert-OH is 9. The molecular weight excluding hydrogens is 640 g/mol. The zero-order valence-electron chi connectivity index (χ0n) is 26.4. The molecule has 3 fully saturated rings. The Morgan fingerprint density at radius 3 is 1.65 bits per heavy atom. The highest BCUT2D eigenvalue weighted by Gasteiger charge is 2.46. The van der Waals surface area contributed by atoms with Gasteiger partial charge in [0.25, 0.3) is 0 Å². The summed E-state index contributed by atoms with van der Waals surface area (Å²) in [5.74, 6) is 0.496. The summed E-state index contributed by atoms with van der Waals surface area (Å²) in [4.78, 5) is 0. The van der Waals surface area contributed by atoms with Crippen molar-refractivity contribution in [3.8, 4) is 23.0 Å². The van der Waals surface area contributed by atoms with E-state index in [0.717, 1.165) is 5.56 Å². The van der Waals surface area contributed by atoms with Crippen LogP contribution in [0.4, 0.5) is 0 Å². The number of rotatable bonds is 12. The van der Waals surface area contributed by atoms with Crippen LogP contribution in [0.15, 0.2) is 36.4 Å². The molecule has 16 heteroatoms. The van der Waals surface area contributed by atoms with Crippen molar-refractivity contribution in [1.29, 1.82) is 0 Å². The van der Waals surface area contributed by atoms with E-state index in [0.29, 0.717) is 24.3 Å². The summed E-state index contributed by atoms with van der Waals surface area (Å²) in [5.41, 5.74) is 1.52. The second-order valence-corrected chi connectivity index (χ2v) is 12.1. The van der Waals surface area contributed by atoms with Gasteiger partial charge in [0.2, 0.25) is 12.6 Å². The van der Waals surface area contributed by atoms with Gasteiger partial charge in [0.1, 0.15) is 48.8 Å². The van der Waals surface area contributed by atoms with E-state index in [2.05, 4.69) is 0 Å². The minimum absolute atomic E-state index is 0.113. The molecule has 3 aliphatic heterocycles. The number of hydrogen-bond acceptors (Lipinski definition) is 16. The van der Waals surface area contributed by atoms with Crippen molar-refractivity contribution >= 4 is 0 Å². The topological polar surface area (TPSA) is 247 Å². The molecule has 13 atom stereocenters. The van der Waals surface area contributed by atoms with Gasteiger partial charge < -0.3 is 79.1 Å². The Hall–Kier alpha value is -2.84. The van der Waals surface area contributed by atoms with Gasteiger partial charge in [-0.25, -0.2) is 0 Å². The predicted octanol–water partition coefficient (Wildman–Crippen LogP) is -2.40. The predicted molar refractivity (Wildman–Crippen MR) is 161 cm³/mol. The highest BCUT2D eigenvalue weighted by molar-refractivity contribution is 5.45. The van der Waals surface area contributed by atoms with Crippen LogP contribution >= 0.6 is 0 Å². The summed E-state index contributed by atoms with van der Waals surface area (Å²) in [6.07, 6.45) is -14.5. The molecule has 0 aromatic heterocycles. The maximum Gasteiger partial charge on any atom is 0.229 e. The van der Waals surface area contributed by atoms with Gasteiger partial charge in [0, 0.05) is 12.5 Å². The summed E-state index contributed by atoms with van der Waals surface area (Å²) in [5, 5.41) is 90.4. The van der Waals surface area contributed by atoms with Crippen LogP contribution in [0.25, 0.3) is 0 Å². The van der Waals surface area contributed by atoms with Gasteiger partial charge in [-0.05, 0) is 47.7 Å². The van der Waals surface area contributed by atoms with E-state index >= 15 is 0 Å². The molecule has 3 aliphatic rings. The lowest BCUT2D eigenvalue weighted by atomic mass is 9.84. The van der Waals surface area contributed by atoms with Gasteiger partial charge >= 0.3 is 0 Å². The SMILES string of the molecule is COc1cc(C[C@@H]2COC(c3ccc(O[C@@H]4O[C@H](CO)[C@@H](O)[C@H](O)[C@H]4O)c(OC)c3)[C@@H]2CO)ccc1O[C@@H]1O[C@H](CO)[C@@H](O)[C@H](O)[C@H]1O. The van der Waals surface area contributed by atoms with Crippen LogP contribution in [0.3, 0.4) is 0 Å². The zero-order chi connectivity index (χ0) is 34.7. The molecule has 268 valence electrons. The summed E-state index contributed by atoms with van der Waals surface area (Å²) in [6.45, 7) is -1.05. The maximum absolute atomic E-state index is 10.4. The highest BCUT2D eigenvalue weighted by atomic mass is 16.7. The number of methoxy groups -OCH3 is 2. The van der Waals surface area contributed by atoms with E-state index in [4.69, 9.17) is 33.2 Å². The molecule has 3 saturated heterocycles. The first-order valence-electron chi connectivity index (χ1n) is 15.6. The smallest absolute Gasteiger partial charge is 0.229 e. The summed E-state index contributed by atoms with van der Waals surface area (Å²) >= 11 is 0. The average molecular weight is 685 g/mol. The van der Waals surface area contributed by atoms with Crippen LogP contribution in [0.5, 0.6) is 23.0 Å². The molecule has 0 saturated carbocycles. The lowest BCUT2D eigenvalue weighted by molar-refractivity contribution is -0.277. The Kier molecular flexibility index (Phi) is 12.0. The first-order valence-corrected chi connectivity index (χ1v) is 15.6. The quantitative estimate of drug-likeness (QED) is 0.113. The van der Waals surface area contributed by atoms with E-state index in [1.807, 2.05) is 0 Å². The van der Waals surface area contributed by atoms with Gasteiger partial charge in [-0.1, -0.05) is 12.1 Å². The molecule has 5 rings (SSSR count). The number of aliphatic hydroxyl groups is 9. The van der Waals surface area contributed by atoms with Crippen molar-refractivity contribution in [2.75, 3.05) is 40.6 Å². The van der Waals surface area contributed by atoms with E-state index in [-0.39, 0.29) is 35.7 Å². The van der Waals surface area contributed by atoms with Crippen molar-refractivity contribution in [1.82, 2.24) is 0 Å². The molecule has 1 unspecified atom stereocenters. The van der Waals surface area contributed by atoms with Crippen molar-refractivity contribution < 1.29 is 79.1 Å². The van der Waals surface area contributed by atoms with Crippen LogP contribution < -0.4 is 18.9 Å². The average Bonchev–Trinajstić information content (AvgIpc) is 3.51. The van der Waals surface area contributed by atoms with Gasteiger partial charge in [-0.2, -0.15) is 0 Å². The van der Waals surface area contributed by atoms with Gasteiger partial charge in [-0.3, -0.25) is 0 Å². The third-order valence-electron chi connectivity index (χ3n) is 9.12. The summed E-state index contributed by atoms with van der Waals surface area (Å²) in [7, 11) is 2.85. The second-order valence-electron chi connectivity index (χ2n) is 12.1. The van der Waals surface area contributed by atoms with Gasteiger partial charge in [-0.15, -0.1) is 0 Å². The monoisotopic (exact) mass is 684 g/mol. The molecule has 0 radical (unpaired) electrons. The summed E-state index contributed by atoms with van der Waals surface area (Å²) < 4.78 is 39.6. The van der Waals surface area contributed by atoms with Crippen LogP contribution in [-0.2, 0) is 20.6 Å². The lowest BCUT2D eigenvalue weighted by Gasteiger charge is -2.39. The maximum atomic E-state index is 10.4. The minimum atomic E-state index is -1.61. The third kappa shape index (κ3) is 7.35. The van der Waals surface area contributed by atoms with E-state index < -0.39 is 80.7 Å². The lowest BCUT2D eigenvalue weighted by Crippen LogP contribution is -2.60. The molecule has 0 spiro atoms. The highest BCUT2D eigenvalue weighted by Crippen LogP contribution is 2.43. The fraction of sp³-hybridized carbons (Fsp3) is 0.625. The molecule has 9 N–H and O–H groups in total. The van der Waals surface area contributed by atoms with Gasteiger partial charge in [0.05, 0.1) is 40.1 Å². The first-order chi connectivity index (χ1) is 23.0. The van der Waals surface area contributed by atoms with E-state index in [1.54, 1.807) is 36.4 Å². The van der Waals surface area contributed by atoms with Crippen molar-refractivity contribution in [2.24, 2.45) is 11.8 Å². The normalized spacial score (nSPS) is 36.9. The Morgan fingerprint density at radius 2 is 1.15 bits per heavy atom. The Balaban J connectivity index is 1.26. The Morgan fingerprint density at radius 1 is 0.625 bits per heavy atom. The minimum Gasteiger partial charge on any atom is -0.493 e. The van der Waals surface area contributed by atoms with Crippen LogP contribution in [0.1, 0.15) is 17.2 Å². The molecule has 2 aromatic rings. The van der Waals surface area contributed by atoms with Crippen LogP contribution in [0.2, 0.25) is 0 Å². The molecule has 48 heavy (non-hydrogen) atoms. The van der Waals surface area contributed by atoms with Crippen molar-refractivity contribution in [2.45, 2.75) is 73.9 Å². The van der Waals surface area contributed by atoms with E-state index in [1.165, 1.54) is 14.2 Å². The Bertz CT molecular complexity index is 1340. The zero-order valence-corrected chi connectivity index (χ0v) is 26.4. The number of ether oxygens (including phenoxy) is 7. The second kappa shape index (κ2) is 15.8. The summed E-state index contributed by atoms with van der Waals surface area (Å²) in [6, 6.07) is 10.1. The third-order valence-corrected chi connectivity index (χ3v) is 9.12. The van der Waals surface area contributed by atoms with Crippen molar-refractivity contribution in [3.63, 3.8) is 0 Å². The Labute approximate surface area is 276 Å². The number of hydrogen-bond donors (Lipinski definition) is 9. The molecule has 2 aromatic carbocycles. The molecular formula is C32H44O16. The molecule has 3 heterocycles. The molecule has 0 bridgehead atoms. The fourth-order valence-electron chi connectivity index (χ4n) is 6.30. The van der Waals surface area contributed by atoms with Crippen LogP contribution in [-0.4, -0.2) is 148 Å². The standard InChI is InChI=1S/C32H44O16/c1-42-20-8-14(3-5-18(20)45-31-28(40)26(38)24(36)22(11-34)47-31)7-16-13-44-30(17(16)10-33)15-4-6-19(21(9-15)43-2)46-32-29(41)27(39)25(37)23(12-35)48-32/h3-6,8-9,16-17,22-41H,7,10-13H2,1-2H3/t16-,17-,22-,23-,24-,25-,26+,27+,28-,29-,30?,31-,32-/m1/s1. The largest absolute Gasteiger partial charge is 0.493 e. The van der Waals surface area contributed by atoms with Gasteiger partial charge in [0.15, 0.2) is 23.0 Å². The molecule has 0 amide bonds. The molecule has 0 aliphatic carbocycles. The molecule has 16 nitrogen and oxygen atoms in total. The fourth-order valence-corrected chi connectivity index (χ4v) is 6.30. The first kappa shape index (κ1) is 36.4. The number of benzene rings is 2.